The lowest BCUT2D eigenvalue weighted by Crippen LogP contribution is -2.34. The smallest absolute Gasteiger partial charge is 0.271 e. The highest BCUT2D eigenvalue weighted by molar-refractivity contribution is 7.90. The van der Waals surface area contributed by atoms with Gasteiger partial charge < -0.3 is 25.3 Å². The van der Waals surface area contributed by atoms with Gasteiger partial charge in [-0.1, -0.05) is 30.3 Å². The third-order valence-electron chi connectivity index (χ3n) is 7.67. The number of carbonyl (C=O) groups excluding carboxylic acids is 3. The summed E-state index contributed by atoms with van der Waals surface area (Å²) in [6, 6.07) is 25.0. The molecule has 0 bridgehead atoms. The third-order valence-corrected chi connectivity index (χ3v) is 9.06. The number of hydrogen-bond acceptors (Lipinski definition) is 8. The molecule has 0 aliphatic heterocycles. The van der Waals surface area contributed by atoms with E-state index in [1.807, 2.05) is 34.5 Å². The number of aromatic amines is 1. The first-order valence-electron chi connectivity index (χ1n) is 14.9. The summed E-state index contributed by atoms with van der Waals surface area (Å²) < 4.78 is 33.9. The minimum atomic E-state index is -3.97. The largest absolute Gasteiger partial charge is 0.484 e. The van der Waals surface area contributed by atoms with Gasteiger partial charge in [-0.15, -0.1) is 0 Å². The number of benzene rings is 4. The van der Waals surface area contributed by atoms with Gasteiger partial charge in [-0.25, -0.2) is 23.1 Å². The Labute approximate surface area is 275 Å². The maximum Gasteiger partial charge on any atom is 0.271 e. The quantitative estimate of drug-likeness (QED) is 0.153. The lowest BCUT2D eigenvalue weighted by atomic mass is 10.1. The van der Waals surface area contributed by atoms with Gasteiger partial charge in [0.1, 0.15) is 17.4 Å². The molecule has 0 radical (unpaired) electrons. The fraction of sp³-hybridized carbons (Fsp3) is 0.147. The van der Waals surface area contributed by atoms with Crippen LogP contribution in [0.2, 0.25) is 0 Å². The van der Waals surface area contributed by atoms with Gasteiger partial charge in [0, 0.05) is 24.7 Å². The Morgan fingerprint density at radius 3 is 2.38 bits per heavy atom. The van der Waals surface area contributed by atoms with E-state index in [1.165, 1.54) is 12.1 Å². The number of fused-ring (bicyclic) bond motifs is 2. The Balaban J connectivity index is 1.00. The van der Waals surface area contributed by atoms with Gasteiger partial charge in [-0.2, -0.15) is 0 Å². The highest BCUT2D eigenvalue weighted by Crippen LogP contribution is 2.21. The van der Waals surface area contributed by atoms with Crippen molar-refractivity contribution in [2.24, 2.45) is 12.8 Å². The first-order valence-corrected chi connectivity index (χ1v) is 16.4. The minimum Gasteiger partial charge on any atom is -0.484 e. The lowest BCUT2D eigenvalue weighted by Gasteiger charge is -2.09. The number of H-pyrrole nitrogens is 1. The minimum absolute atomic E-state index is 0.0132. The van der Waals surface area contributed by atoms with Crippen LogP contribution in [0.3, 0.4) is 0 Å². The van der Waals surface area contributed by atoms with Crippen LogP contribution < -0.4 is 20.5 Å². The summed E-state index contributed by atoms with van der Waals surface area (Å²) in [4.78, 5) is 49.2. The van der Waals surface area contributed by atoms with Gasteiger partial charge in [0.05, 0.1) is 33.4 Å². The average Bonchev–Trinajstić information content (AvgIpc) is 3.63. The summed E-state index contributed by atoms with van der Waals surface area (Å²) in [5.74, 6) is 0.309. The molecule has 6 aromatic rings. The van der Waals surface area contributed by atoms with Crippen LogP contribution in [-0.4, -0.2) is 58.8 Å². The van der Waals surface area contributed by atoms with Crippen LogP contribution in [0.4, 0.5) is 0 Å². The normalized spacial score (nSPS) is 11.4. The zero-order valence-corrected chi connectivity index (χ0v) is 26.6. The van der Waals surface area contributed by atoms with E-state index in [0.717, 1.165) is 27.9 Å². The molecule has 0 aliphatic rings. The molecule has 244 valence electrons. The molecule has 2 heterocycles. The molecule has 14 heteroatoms. The number of nitrogens with zero attached hydrogens (tertiary/aromatic N) is 3. The van der Waals surface area contributed by atoms with Crippen LogP contribution in [0.25, 0.3) is 22.1 Å². The van der Waals surface area contributed by atoms with Gasteiger partial charge in [0.15, 0.2) is 6.61 Å². The van der Waals surface area contributed by atoms with Crippen molar-refractivity contribution >= 4 is 49.8 Å². The number of carbonyl (C=O) groups is 3. The molecule has 0 spiro atoms. The Bertz CT molecular complexity index is 2260. The van der Waals surface area contributed by atoms with E-state index in [4.69, 9.17) is 15.5 Å². The van der Waals surface area contributed by atoms with E-state index in [0.29, 0.717) is 47.6 Å². The first-order chi connectivity index (χ1) is 23.1. The molecule has 5 N–H and O–H groups in total. The van der Waals surface area contributed by atoms with Crippen LogP contribution in [0.15, 0.2) is 95.9 Å². The Morgan fingerprint density at radius 2 is 1.62 bits per heavy atom. The van der Waals surface area contributed by atoms with E-state index in [-0.39, 0.29) is 10.8 Å². The molecule has 4 aromatic carbocycles. The molecule has 0 saturated carbocycles. The number of aromatic nitrogens is 4. The van der Waals surface area contributed by atoms with Crippen molar-refractivity contribution in [1.82, 2.24) is 29.6 Å². The van der Waals surface area contributed by atoms with Crippen LogP contribution in [0, 0.1) is 0 Å². The number of imidazole rings is 2. The second-order valence-corrected chi connectivity index (χ2v) is 12.7. The molecule has 0 saturated heterocycles. The van der Waals surface area contributed by atoms with Gasteiger partial charge >= 0.3 is 0 Å². The van der Waals surface area contributed by atoms with Crippen molar-refractivity contribution in [2.45, 2.75) is 17.7 Å². The molecule has 0 atom stereocenters. The van der Waals surface area contributed by atoms with Crippen LogP contribution >= 0.6 is 0 Å². The molecule has 2 aromatic heterocycles. The van der Waals surface area contributed by atoms with Gasteiger partial charge in [0.2, 0.25) is 5.91 Å². The molecule has 6 rings (SSSR count). The zero-order chi connectivity index (χ0) is 33.8. The second kappa shape index (κ2) is 13.4. The van der Waals surface area contributed by atoms with Crippen molar-refractivity contribution in [3.05, 3.63) is 119 Å². The fourth-order valence-electron chi connectivity index (χ4n) is 5.15. The Kier molecular flexibility index (Phi) is 8.90. The van der Waals surface area contributed by atoms with Crippen LogP contribution in [0.1, 0.15) is 37.9 Å². The number of primary amides is 1. The standard InChI is InChI=1S/C34H31N7O6S/c1-41-29-18-23(10-14-27(29)39-31(41)19-30-37-26-13-9-22(33(35)43)17-28(26)38-30)34(44)36-16-15-21-7-11-24(12-8-21)47-20-32(42)40-48(45,46)25-5-3-2-4-6-25/h2-14,17-18H,15-16,19-20H2,1H3,(H2,35,43)(H,36,44)(H,37,38)(H,40,42). The summed E-state index contributed by atoms with van der Waals surface area (Å²) >= 11 is 0. The third kappa shape index (κ3) is 7.18. The molecule has 48 heavy (non-hydrogen) atoms. The fourth-order valence-corrected chi connectivity index (χ4v) is 6.14. The topological polar surface area (TPSA) is 191 Å². The Morgan fingerprint density at radius 1 is 0.896 bits per heavy atom. The summed E-state index contributed by atoms with van der Waals surface area (Å²) in [7, 11) is -2.09. The molecule has 0 unspecified atom stereocenters. The predicted molar refractivity (Wildman–Crippen MR) is 178 cm³/mol. The van der Waals surface area contributed by atoms with E-state index in [2.05, 4.69) is 15.3 Å². The Hall–Kier alpha value is -6.02. The number of amides is 3. The highest BCUT2D eigenvalue weighted by Gasteiger charge is 2.18. The van der Waals surface area contributed by atoms with Crippen LogP contribution in [-0.2, 0) is 34.7 Å². The molecule has 0 aliphatic carbocycles. The number of nitrogens with one attached hydrogen (secondary N) is 3. The lowest BCUT2D eigenvalue weighted by molar-refractivity contribution is -0.121. The van der Waals surface area contributed by atoms with Crippen molar-refractivity contribution in [1.29, 1.82) is 0 Å². The summed E-state index contributed by atoms with van der Waals surface area (Å²) in [5.41, 5.74) is 10.2. The van der Waals surface area contributed by atoms with E-state index in [1.54, 1.807) is 60.7 Å². The van der Waals surface area contributed by atoms with E-state index >= 15 is 0 Å². The number of ether oxygens (including phenoxy) is 1. The summed E-state index contributed by atoms with van der Waals surface area (Å²) in [5, 5.41) is 2.94. The van der Waals surface area contributed by atoms with Gasteiger partial charge in [-0.3, -0.25) is 14.4 Å². The maximum atomic E-state index is 13.0. The molecule has 13 nitrogen and oxygen atoms in total. The molecular weight excluding hydrogens is 634 g/mol. The molecule has 3 amide bonds. The van der Waals surface area contributed by atoms with E-state index in [9.17, 15) is 22.8 Å². The number of aryl methyl sites for hydroxylation is 1. The second-order valence-electron chi connectivity index (χ2n) is 11.0. The van der Waals surface area contributed by atoms with Crippen molar-refractivity contribution < 1.29 is 27.5 Å². The number of nitrogens with two attached hydrogens (primary N) is 1. The zero-order valence-electron chi connectivity index (χ0n) is 25.8. The van der Waals surface area contributed by atoms with Crippen molar-refractivity contribution in [3.63, 3.8) is 0 Å². The first kappa shape index (κ1) is 31.9. The van der Waals surface area contributed by atoms with Crippen LogP contribution in [0.5, 0.6) is 5.75 Å². The maximum absolute atomic E-state index is 13.0. The number of rotatable bonds is 12. The highest BCUT2D eigenvalue weighted by atomic mass is 32.2. The predicted octanol–water partition coefficient (Wildman–Crippen LogP) is 3.00. The summed E-state index contributed by atoms with van der Waals surface area (Å²) in [6.07, 6.45) is 0.971. The monoisotopic (exact) mass is 665 g/mol. The number of sulfonamides is 1. The summed E-state index contributed by atoms with van der Waals surface area (Å²) in [6.45, 7) is -0.0833. The van der Waals surface area contributed by atoms with Crippen molar-refractivity contribution in [2.75, 3.05) is 13.2 Å². The number of hydrogen-bond donors (Lipinski definition) is 4. The molecular formula is C34H31N7O6S. The van der Waals surface area contributed by atoms with E-state index < -0.39 is 28.4 Å². The van der Waals surface area contributed by atoms with Gasteiger partial charge in [0.25, 0.3) is 21.8 Å². The molecule has 0 fully saturated rings. The SMILES string of the molecule is Cn1c(Cc2nc3ccc(C(N)=O)cc3[nH]2)nc2ccc(C(=O)NCCc3ccc(OCC(=O)NS(=O)(=O)c4ccccc4)cc3)cc21. The van der Waals surface area contributed by atoms with Gasteiger partial charge in [-0.05, 0) is 72.6 Å². The average molecular weight is 666 g/mol. The van der Waals surface area contributed by atoms with Crippen molar-refractivity contribution in [3.8, 4) is 5.75 Å².